The van der Waals surface area contributed by atoms with Crippen LogP contribution in [-0.2, 0) is 6.18 Å². The van der Waals surface area contributed by atoms with Crippen LogP contribution in [-0.4, -0.2) is 32.8 Å². The highest BCUT2D eigenvalue weighted by Gasteiger charge is 2.40. The lowest BCUT2D eigenvalue weighted by atomic mass is 9.87. The molecule has 150 valence electrons. The Labute approximate surface area is 159 Å². The zero-order valence-corrected chi connectivity index (χ0v) is 15.2. The standard InChI is InChI=1S/C19H20F3N3O3/c1-11-3-2-4-13(9-11)24-17(26)12-5-7-14(8-6-12)25-16(19(20,21)22)15(10-23-25)18(27)28/h5-8,10-11,13H,2-4,9H2,1H3,(H,24,26)(H,27,28). The smallest absolute Gasteiger partial charge is 0.434 e. The number of rotatable bonds is 4. The van der Waals surface area contributed by atoms with Gasteiger partial charge in [-0.15, -0.1) is 0 Å². The second-order valence-electron chi connectivity index (χ2n) is 7.11. The number of carboxylic acids is 1. The molecule has 2 unspecified atom stereocenters. The maximum Gasteiger partial charge on any atom is 0.434 e. The van der Waals surface area contributed by atoms with E-state index >= 15 is 0 Å². The molecule has 6 nitrogen and oxygen atoms in total. The Morgan fingerprint density at radius 2 is 1.89 bits per heavy atom. The van der Waals surface area contributed by atoms with Crippen molar-refractivity contribution in [3.63, 3.8) is 0 Å². The van der Waals surface area contributed by atoms with E-state index in [4.69, 9.17) is 5.11 Å². The zero-order valence-electron chi connectivity index (χ0n) is 15.2. The van der Waals surface area contributed by atoms with E-state index in [1.54, 1.807) is 0 Å². The molecule has 1 amide bonds. The minimum atomic E-state index is -4.89. The van der Waals surface area contributed by atoms with E-state index in [9.17, 15) is 22.8 Å². The fourth-order valence-electron chi connectivity index (χ4n) is 3.56. The molecule has 0 saturated heterocycles. The van der Waals surface area contributed by atoms with Crippen LogP contribution in [0.5, 0.6) is 0 Å². The predicted molar refractivity (Wildman–Crippen MR) is 94.4 cm³/mol. The molecule has 2 atom stereocenters. The maximum atomic E-state index is 13.3. The number of alkyl halides is 3. The lowest BCUT2D eigenvalue weighted by molar-refractivity contribution is -0.143. The molecule has 1 aliphatic carbocycles. The predicted octanol–water partition coefficient (Wildman–Crippen LogP) is 3.90. The monoisotopic (exact) mass is 395 g/mol. The number of hydrogen-bond donors (Lipinski definition) is 2. The summed E-state index contributed by atoms with van der Waals surface area (Å²) in [5.74, 6) is -1.45. The van der Waals surface area contributed by atoms with Crippen molar-refractivity contribution in [1.29, 1.82) is 0 Å². The first kappa shape index (κ1) is 19.9. The van der Waals surface area contributed by atoms with Crippen LogP contribution < -0.4 is 5.32 Å². The molecule has 0 bridgehead atoms. The molecule has 1 aromatic carbocycles. The van der Waals surface area contributed by atoms with Crippen LogP contribution in [0.3, 0.4) is 0 Å². The van der Waals surface area contributed by atoms with Crippen molar-refractivity contribution >= 4 is 11.9 Å². The molecule has 2 aromatic rings. The van der Waals surface area contributed by atoms with E-state index in [0.29, 0.717) is 22.4 Å². The Morgan fingerprint density at radius 3 is 2.46 bits per heavy atom. The summed E-state index contributed by atoms with van der Waals surface area (Å²) in [6.45, 7) is 2.14. The van der Waals surface area contributed by atoms with E-state index in [1.807, 2.05) is 0 Å². The van der Waals surface area contributed by atoms with Gasteiger partial charge in [-0.1, -0.05) is 19.8 Å². The van der Waals surface area contributed by atoms with Crippen LogP contribution in [0.15, 0.2) is 30.5 Å². The average Bonchev–Trinajstić information content (AvgIpc) is 3.08. The number of nitrogens with one attached hydrogen (secondary N) is 1. The van der Waals surface area contributed by atoms with Crippen molar-refractivity contribution in [2.45, 2.75) is 44.8 Å². The second-order valence-corrected chi connectivity index (χ2v) is 7.11. The maximum absolute atomic E-state index is 13.3. The normalized spacial score (nSPS) is 20.0. The summed E-state index contributed by atoms with van der Waals surface area (Å²) in [6.07, 6.45) is -0.215. The molecule has 28 heavy (non-hydrogen) atoms. The van der Waals surface area contributed by atoms with Crippen molar-refractivity contribution in [2.75, 3.05) is 0 Å². The zero-order chi connectivity index (χ0) is 20.5. The largest absolute Gasteiger partial charge is 0.478 e. The molecule has 1 aromatic heterocycles. The van der Waals surface area contributed by atoms with E-state index in [0.717, 1.165) is 25.7 Å². The summed E-state index contributed by atoms with van der Waals surface area (Å²) < 4.78 is 40.4. The molecule has 2 N–H and O–H groups in total. The number of amides is 1. The number of nitrogens with zero attached hydrogens (tertiary/aromatic N) is 2. The summed E-state index contributed by atoms with van der Waals surface area (Å²) in [5, 5.41) is 15.5. The fraction of sp³-hybridized carbons (Fsp3) is 0.421. The first-order chi connectivity index (χ1) is 13.2. The van der Waals surface area contributed by atoms with Gasteiger partial charge in [0.1, 0.15) is 5.56 Å². The van der Waals surface area contributed by atoms with Gasteiger partial charge in [-0.05, 0) is 43.0 Å². The van der Waals surface area contributed by atoms with Crippen LogP contribution in [0.2, 0.25) is 0 Å². The van der Waals surface area contributed by atoms with Gasteiger partial charge in [0.25, 0.3) is 5.91 Å². The van der Waals surface area contributed by atoms with E-state index in [2.05, 4.69) is 17.3 Å². The summed E-state index contributed by atoms with van der Waals surface area (Å²) in [4.78, 5) is 23.5. The first-order valence-corrected chi connectivity index (χ1v) is 8.96. The number of aromatic carboxylic acids is 1. The van der Waals surface area contributed by atoms with Gasteiger partial charge in [0.05, 0.1) is 11.9 Å². The summed E-state index contributed by atoms with van der Waals surface area (Å²) in [7, 11) is 0. The van der Waals surface area contributed by atoms with Gasteiger partial charge < -0.3 is 10.4 Å². The Kier molecular flexibility index (Phi) is 5.44. The van der Waals surface area contributed by atoms with Crippen molar-refractivity contribution in [3.8, 4) is 5.69 Å². The minimum absolute atomic E-state index is 0.0164. The van der Waals surface area contributed by atoms with E-state index < -0.39 is 23.4 Å². The molecule has 1 heterocycles. The quantitative estimate of drug-likeness (QED) is 0.823. The summed E-state index contributed by atoms with van der Waals surface area (Å²) >= 11 is 0. The number of benzene rings is 1. The molecule has 1 fully saturated rings. The third kappa shape index (κ3) is 4.18. The Hall–Kier alpha value is -2.84. The van der Waals surface area contributed by atoms with Gasteiger partial charge >= 0.3 is 12.1 Å². The van der Waals surface area contributed by atoms with E-state index in [1.165, 1.54) is 24.3 Å². The average molecular weight is 395 g/mol. The number of carbonyl (C=O) groups is 2. The Bertz CT molecular complexity index is 875. The summed E-state index contributed by atoms with van der Waals surface area (Å²) in [5.41, 5.74) is -1.96. The number of halogens is 3. The molecule has 9 heteroatoms. The molecule has 1 saturated carbocycles. The number of carbonyl (C=O) groups excluding carboxylic acids is 1. The van der Waals surface area contributed by atoms with Crippen LogP contribution in [0.25, 0.3) is 5.69 Å². The van der Waals surface area contributed by atoms with Crippen molar-refractivity contribution in [2.24, 2.45) is 5.92 Å². The molecule has 1 aliphatic rings. The molecular weight excluding hydrogens is 375 g/mol. The summed E-state index contributed by atoms with van der Waals surface area (Å²) in [6, 6.07) is 5.52. The van der Waals surface area contributed by atoms with Gasteiger partial charge in [-0.3, -0.25) is 4.79 Å². The van der Waals surface area contributed by atoms with Gasteiger partial charge in [-0.2, -0.15) is 18.3 Å². The van der Waals surface area contributed by atoms with Gasteiger partial charge in [-0.25, -0.2) is 9.48 Å². The highest BCUT2D eigenvalue weighted by atomic mass is 19.4. The third-order valence-electron chi connectivity index (χ3n) is 4.91. The number of hydrogen-bond acceptors (Lipinski definition) is 3. The lowest BCUT2D eigenvalue weighted by Gasteiger charge is -2.27. The molecule has 3 rings (SSSR count). The van der Waals surface area contributed by atoms with E-state index in [-0.39, 0.29) is 17.6 Å². The second kappa shape index (κ2) is 7.65. The number of carboxylic acid groups (broad SMARTS) is 1. The van der Waals surface area contributed by atoms with Crippen LogP contribution in [0, 0.1) is 5.92 Å². The van der Waals surface area contributed by atoms with Crippen molar-refractivity contribution in [3.05, 3.63) is 47.3 Å². The third-order valence-corrected chi connectivity index (χ3v) is 4.91. The lowest BCUT2D eigenvalue weighted by Crippen LogP contribution is -2.37. The van der Waals surface area contributed by atoms with Gasteiger partial charge in [0.15, 0.2) is 5.69 Å². The molecule has 0 aliphatic heterocycles. The molecular formula is C19H20F3N3O3. The topological polar surface area (TPSA) is 84.2 Å². The van der Waals surface area contributed by atoms with Crippen molar-refractivity contribution in [1.82, 2.24) is 15.1 Å². The number of aromatic nitrogens is 2. The van der Waals surface area contributed by atoms with Crippen molar-refractivity contribution < 1.29 is 27.9 Å². The molecule has 0 radical (unpaired) electrons. The van der Waals surface area contributed by atoms with Gasteiger partial charge in [0.2, 0.25) is 0 Å². The molecule has 0 spiro atoms. The highest BCUT2D eigenvalue weighted by Crippen LogP contribution is 2.33. The van der Waals surface area contributed by atoms with Crippen LogP contribution >= 0.6 is 0 Å². The van der Waals surface area contributed by atoms with Gasteiger partial charge in [0, 0.05) is 11.6 Å². The van der Waals surface area contributed by atoms with Crippen LogP contribution in [0.1, 0.15) is 59.0 Å². The fourth-order valence-corrected chi connectivity index (χ4v) is 3.56. The first-order valence-electron chi connectivity index (χ1n) is 8.96. The Morgan fingerprint density at radius 1 is 1.21 bits per heavy atom. The SMILES string of the molecule is CC1CCCC(NC(=O)c2ccc(-n3ncc(C(=O)O)c3C(F)(F)F)cc2)C1. The minimum Gasteiger partial charge on any atom is -0.478 e. The van der Waals surface area contributed by atoms with Crippen LogP contribution in [0.4, 0.5) is 13.2 Å². The highest BCUT2D eigenvalue weighted by molar-refractivity contribution is 5.94. The Balaban J connectivity index is 1.81.